The highest BCUT2D eigenvalue weighted by atomic mass is 35.5. The number of pyridine rings is 1. The standard InChI is InChI=1S/C22H16ClN5O3/c1-30-22(29)19-20(31-12-14-5-3-2-4-6-14)18-17(21-24-13-26-28(19)21)11-25-27(18)16-9-7-15(23)8-10-16/h2-11,13H,12H2,1H3. The number of hydrogen-bond donors (Lipinski definition) is 0. The second-order valence-corrected chi connectivity index (χ2v) is 7.17. The van der Waals surface area contributed by atoms with Crippen LogP contribution in [0, 0.1) is 0 Å². The minimum absolute atomic E-state index is 0.133. The SMILES string of the molecule is COC(=O)c1c(OCc2ccccc2)c2c(cnn2-c2ccc(Cl)cc2)c2ncnn12. The van der Waals surface area contributed by atoms with E-state index in [-0.39, 0.29) is 12.3 Å². The number of hydrogen-bond acceptors (Lipinski definition) is 6. The predicted octanol–water partition coefficient (Wildman–Crippen LogP) is 4.09. The number of esters is 1. The minimum Gasteiger partial charge on any atom is -0.484 e. The van der Waals surface area contributed by atoms with Crippen molar-refractivity contribution in [2.45, 2.75) is 6.61 Å². The van der Waals surface area contributed by atoms with Gasteiger partial charge in [-0.2, -0.15) is 10.2 Å². The van der Waals surface area contributed by atoms with Gasteiger partial charge in [0.15, 0.2) is 17.1 Å². The second kappa shape index (κ2) is 7.73. The Morgan fingerprint density at radius 2 is 1.84 bits per heavy atom. The third-order valence-corrected chi connectivity index (χ3v) is 5.13. The lowest BCUT2D eigenvalue weighted by Gasteiger charge is -2.15. The molecule has 0 saturated carbocycles. The number of methoxy groups -OCH3 is 1. The maximum absolute atomic E-state index is 12.8. The summed E-state index contributed by atoms with van der Waals surface area (Å²) in [6, 6.07) is 16.9. The molecule has 3 aromatic heterocycles. The number of fused-ring (bicyclic) bond motifs is 3. The Balaban J connectivity index is 1.79. The Bertz CT molecular complexity index is 1390. The van der Waals surface area contributed by atoms with E-state index in [1.165, 1.54) is 18.0 Å². The highest BCUT2D eigenvalue weighted by molar-refractivity contribution is 6.30. The summed E-state index contributed by atoms with van der Waals surface area (Å²) < 4.78 is 14.4. The van der Waals surface area contributed by atoms with E-state index in [4.69, 9.17) is 21.1 Å². The van der Waals surface area contributed by atoms with E-state index >= 15 is 0 Å². The van der Waals surface area contributed by atoms with E-state index in [1.807, 2.05) is 42.5 Å². The first-order valence-corrected chi connectivity index (χ1v) is 9.79. The van der Waals surface area contributed by atoms with Gasteiger partial charge in [-0.15, -0.1) is 0 Å². The average Bonchev–Trinajstić information content (AvgIpc) is 3.45. The van der Waals surface area contributed by atoms with Gasteiger partial charge in [-0.25, -0.2) is 19.0 Å². The Labute approximate surface area is 181 Å². The van der Waals surface area contributed by atoms with Crippen molar-refractivity contribution in [2.24, 2.45) is 0 Å². The summed E-state index contributed by atoms with van der Waals surface area (Å²) in [4.78, 5) is 17.1. The Morgan fingerprint density at radius 3 is 2.58 bits per heavy atom. The first-order valence-electron chi connectivity index (χ1n) is 9.42. The van der Waals surface area contributed by atoms with Gasteiger partial charge in [-0.05, 0) is 29.8 Å². The number of nitrogens with zero attached hydrogens (tertiary/aromatic N) is 5. The lowest BCUT2D eigenvalue weighted by atomic mass is 10.2. The van der Waals surface area contributed by atoms with E-state index in [9.17, 15) is 4.79 Å². The van der Waals surface area contributed by atoms with Crippen LogP contribution in [0.25, 0.3) is 22.2 Å². The van der Waals surface area contributed by atoms with Gasteiger partial charge in [0, 0.05) is 5.02 Å². The highest BCUT2D eigenvalue weighted by Crippen LogP contribution is 2.35. The fourth-order valence-corrected chi connectivity index (χ4v) is 3.57. The molecule has 2 aromatic carbocycles. The number of halogens is 1. The largest absolute Gasteiger partial charge is 0.484 e. The van der Waals surface area contributed by atoms with Crippen LogP contribution in [0.1, 0.15) is 16.1 Å². The number of benzene rings is 2. The zero-order valence-electron chi connectivity index (χ0n) is 16.4. The van der Waals surface area contributed by atoms with E-state index in [2.05, 4.69) is 15.2 Å². The van der Waals surface area contributed by atoms with E-state index < -0.39 is 5.97 Å². The molecular formula is C22H16ClN5O3. The van der Waals surface area contributed by atoms with E-state index in [0.29, 0.717) is 27.3 Å². The van der Waals surface area contributed by atoms with Crippen LogP contribution in [0.4, 0.5) is 0 Å². The lowest BCUT2D eigenvalue weighted by molar-refractivity contribution is 0.0585. The van der Waals surface area contributed by atoms with Crippen molar-refractivity contribution in [1.29, 1.82) is 0 Å². The summed E-state index contributed by atoms with van der Waals surface area (Å²) in [6.45, 7) is 0.242. The quantitative estimate of drug-likeness (QED) is 0.388. The third-order valence-electron chi connectivity index (χ3n) is 4.88. The Hall–Kier alpha value is -3.91. The normalized spacial score (nSPS) is 11.2. The number of rotatable bonds is 5. The molecular weight excluding hydrogens is 418 g/mol. The summed E-state index contributed by atoms with van der Waals surface area (Å²) in [5, 5.41) is 10.0. The molecule has 0 unspecified atom stereocenters. The van der Waals surface area contributed by atoms with Crippen molar-refractivity contribution in [3.63, 3.8) is 0 Å². The first kappa shape index (κ1) is 19.1. The minimum atomic E-state index is -0.593. The van der Waals surface area contributed by atoms with Crippen LogP contribution in [-0.4, -0.2) is 37.5 Å². The fraction of sp³-hybridized carbons (Fsp3) is 0.0909. The van der Waals surface area contributed by atoms with Crippen LogP contribution >= 0.6 is 11.6 Å². The van der Waals surface area contributed by atoms with Gasteiger partial charge < -0.3 is 9.47 Å². The topological polar surface area (TPSA) is 83.5 Å². The predicted molar refractivity (Wildman–Crippen MR) is 115 cm³/mol. The van der Waals surface area contributed by atoms with Gasteiger partial charge in [-0.3, -0.25) is 0 Å². The van der Waals surface area contributed by atoms with Crippen molar-refractivity contribution in [1.82, 2.24) is 24.4 Å². The van der Waals surface area contributed by atoms with Gasteiger partial charge in [0.1, 0.15) is 18.5 Å². The zero-order chi connectivity index (χ0) is 21.4. The van der Waals surface area contributed by atoms with Gasteiger partial charge in [0.05, 0.1) is 24.4 Å². The summed E-state index contributed by atoms with van der Waals surface area (Å²) in [6.07, 6.45) is 3.05. The first-order chi connectivity index (χ1) is 15.2. The molecule has 5 aromatic rings. The molecule has 0 spiro atoms. The zero-order valence-corrected chi connectivity index (χ0v) is 17.2. The molecule has 3 heterocycles. The maximum Gasteiger partial charge on any atom is 0.360 e. The third kappa shape index (κ3) is 3.27. The van der Waals surface area contributed by atoms with Crippen molar-refractivity contribution in [2.75, 3.05) is 7.11 Å². The van der Waals surface area contributed by atoms with Crippen LogP contribution in [0.15, 0.2) is 67.1 Å². The number of aromatic nitrogens is 5. The molecule has 0 atom stereocenters. The van der Waals surface area contributed by atoms with E-state index in [1.54, 1.807) is 23.0 Å². The summed E-state index contributed by atoms with van der Waals surface area (Å²) >= 11 is 6.05. The van der Waals surface area contributed by atoms with Crippen molar-refractivity contribution >= 4 is 34.1 Å². The molecule has 5 rings (SSSR count). The van der Waals surface area contributed by atoms with E-state index in [0.717, 1.165) is 11.3 Å². The molecule has 0 N–H and O–H groups in total. The molecule has 9 heteroatoms. The van der Waals surface area contributed by atoms with Gasteiger partial charge in [0.25, 0.3) is 0 Å². The molecule has 0 aliphatic carbocycles. The maximum atomic E-state index is 12.8. The Kier molecular flexibility index (Phi) is 4.76. The molecule has 154 valence electrons. The van der Waals surface area contributed by atoms with Crippen LogP contribution < -0.4 is 4.74 Å². The second-order valence-electron chi connectivity index (χ2n) is 6.73. The van der Waals surface area contributed by atoms with Crippen molar-refractivity contribution in [3.8, 4) is 11.4 Å². The van der Waals surface area contributed by atoms with Crippen LogP contribution in [0.2, 0.25) is 5.02 Å². The monoisotopic (exact) mass is 433 g/mol. The molecule has 31 heavy (non-hydrogen) atoms. The van der Waals surface area contributed by atoms with Crippen LogP contribution in [-0.2, 0) is 11.3 Å². The number of ether oxygens (including phenoxy) is 2. The lowest BCUT2D eigenvalue weighted by Crippen LogP contribution is -2.14. The van der Waals surface area contributed by atoms with Crippen LogP contribution in [0.3, 0.4) is 0 Å². The van der Waals surface area contributed by atoms with Crippen molar-refractivity contribution < 1.29 is 14.3 Å². The molecule has 0 saturated heterocycles. The Morgan fingerprint density at radius 1 is 1.06 bits per heavy atom. The number of carbonyl (C=O) groups is 1. The molecule has 0 amide bonds. The fourth-order valence-electron chi connectivity index (χ4n) is 3.45. The molecule has 0 aliphatic rings. The molecule has 0 fully saturated rings. The van der Waals surface area contributed by atoms with Gasteiger partial charge in [0.2, 0.25) is 0 Å². The highest BCUT2D eigenvalue weighted by Gasteiger charge is 2.27. The summed E-state index contributed by atoms with van der Waals surface area (Å²) in [5.74, 6) is -0.291. The molecule has 0 aliphatic heterocycles. The summed E-state index contributed by atoms with van der Waals surface area (Å²) in [7, 11) is 1.31. The number of carbonyl (C=O) groups excluding carboxylic acids is 1. The molecule has 8 nitrogen and oxygen atoms in total. The molecule has 0 bridgehead atoms. The van der Waals surface area contributed by atoms with Gasteiger partial charge in [-0.1, -0.05) is 41.9 Å². The average molecular weight is 434 g/mol. The molecule has 0 radical (unpaired) electrons. The van der Waals surface area contributed by atoms with Crippen molar-refractivity contribution in [3.05, 3.63) is 83.4 Å². The van der Waals surface area contributed by atoms with Gasteiger partial charge >= 0.3 is 5.97 Å². The summed E-state index contributed by atoms with van der Waals surface area (Å²) in [5.41, 5.74) is 2.89. The smallest absolute Gasteiger partial charge is 0.360 e. The van der Waals surface area contributed by atoms with Crippen LogP contribution in [0.5, 0.6) is 5.75 Å².